The van der Waals surface area contributed by atoms with Crippen molar-refractivity contribution in [3.8, 4) is 6.07 Å². The number of carbonyl (C=O) groups excluding carboxylic acids is 1. The minimum Gasteiger partial charge on any atom is -0.324 e. The first kappa shape index (κ1) is 17.4. The molecule has 3 aromatic rings. The molecule has 0 aromatic heterocycles. The molecule has 0 saturated carbocycles. The Morgan fingerprint density at radius 2 is 1.72 bits per heavy atom. The molecule has 0 atom stereocenters. The zero-order valence-electron chi connectivity index (χ0n) is 13.4. The van der Waals surface area contributed by atoms with E-state index in [9.17, 15) is 4.79 Å². The lowest BCUT2D eigenvalue weighted by Gasteiger charge is -2.09. The molecule has 0 aliphatic carbocycles. The Kier molecular flexibility index (Phi) is 5.99. The topological polar surface area (TPSA) is 52.9 Å². The molecule has 3 rings (SSSR count). The Balaban J connectivity index is 1.62. The van der Waals surface area contributed by atoms with Crippen LogP contribution in [0.3, 0.4) is 0 Å². The molecule has 0 unspecified atom stereocenters. The van der Waals surface area contributed by atoms with Gasteiger partial charge in [-0.25, -0.2) is 0 Å². The summed E-state index contributed by atoms with van der Waals surface area (Å²) in [7, 11) is 0. The average Bonchev–Trinajstić information content (AvgIpc) is 2.65. The van der Waals surface area contributed by atoms with E-state index in [4.69, 9.17) is 5.26 Å². The standard InChI is InChI=1S/C20H16N2OS2/c21-11-12-24-19-8-4-3-7-18(19)22-20(23)14-25-17-10-9-15-5-1-2-6-16(15)13-17/h1-10,13H,12,14H2,(H,22,23). The maximum Gasteiger partial charge on any atom is 0.234 e. The number of carbonyl (C=O) groups is 1. The summed E-state index contributed by atoms with van der Waals surface area (Å²) in [6.07, 6.45) is 0. The maximum atomic E-state index is 12.3. The minimum atomic E-state index is -0.0526. The maximum absolute atomic E-state index is 12.3. The van der Waals surface area contributed by atoms with Crippen LogP contribution in [0.15, 0.2) is 76.5 Å². The van der Waals surface area contributed by atoms with Crippen LogP contribution in [-0.4, -0.2) is 17.4 Å². The molecule has 5 heteroatoms. The van der Waals surface area contributed by atoms with Gasteiger partial charge in [-0.15, -0.1) is 23.5 Å². The molecule has 25 heavy (non-hydrogen) atoms. The molecular weight excluding hydrogens is 348 g/mol. The zero-order chi connectivity index (χ0) is 17.5. The Labute approximate surface area is 155 Å². The van der Waals surface area contributed by atoms with E-state index >= 15 is 0 Å². The van der Waals surface area contributed by atoms with Crippen LogP contribution in [0.4, 0.5) is 5.69 Å². The van der Waals surface area contributed by atoms with Crippen molar-refractivity contribution in [3.63, 3.8) is 0 Å². The molecule has 1 amide bonds. The summed E-state index contributed by atoms with van der Waals surface area (Å²) in [5.41, 5.74) is 0.756. The van der Waals surface area contributed by atoms with E-state index in [1.54, 1.807) is 0 Å². The fourth-order valence-electron chi connectivity index (χ4n) is 2.40. The number of nitrogens with one attached hydrogen (secondary N) is 1. The van der Waals surface area contributed by atoms with Crippen LogP contribution in [0.1, 0.15) is 0 Å². The molecule has 0 heterocycles. The van der Waals surface area contributed by atoms with E-state index in [1.807, 2.05) is 42.5 Å². The summed E-state index contributed by atoms with van der Waals surface area (Å²) in [5.74, 6) is 0.650. The van der Waals surface area contributed by atoms with Gasteiger partial charge in [0.2, 0.25) is 5.91 Å². The minimum absolute atomic E-state index is 0.0526. The Hall–Kier alpha value is -2.42. The summed E-state index contributed by atoms with van der Waals surface area (Å²) in [4.78, 5) is 14.2. The van der Waals surface area contributed by atoms with Crippen molar-refractivity contribution in [2.24, 2.45) is 0 Å². The second kappa shape index (κ2) is 8.61. The number of benzene rings is 3. The molecule has 1 N–H and O–H groups in total. The molecule has 0 radical (unpaired) electrons. The first-order chi connectivity index (χ1) is 12.3. The van der Waals surface area contributed by atoms with Crippen LogP contribution in [-0.2, 0) is 4.79 Å². The smallest absolute Gasteiger partial charge is 0.234 e. The number of hydrogen-bond acceptors (Lipinski definition) is 4. The number of thioether (sulfide) groups is 2. The number of fused-ring (bicyclic) bond motifs is 1. The first-order valence-corrected chi connectivity index (χ1v) is 9.73. The lowest BCUT2D eigenvalue weighted by atomic mass is 10.1. The fraction of sp³-hybridized carbons (Fsp3) is 0.100. The number of hydrogen-bond donors (Lipinski definition) is 1. The average molecular weight is 364 g/mol. The highest BCUT2D eigenvalue weighted by molar-refractivity contribution is 8.00. The van der Waals surface area contributed by atoms with Crippen LogP contribution in [0.2, 0.25) is 0 Å². The number of para-hydroxylation sites is 1. The third-order valence-corrected chi connectivity index (χ3v) is 5.48. The van der Waals surface area contributed by atoms with E-state index in [0.29, 0.717) is 11.5 Å². The number of rotatable bonds is 6. The van der Waals surface area contributed by atoms with Gasteiger partial charge in [0.15, 0.2) is 0 Å². The van der Waals surface area contributed by atoms with Crippen molar-refractivity contribution in [3.05, 3.63) is 66.7 Å². The highest BCUT2D eigenvalue weighted by atomic mass is 32.2. The van der Waals surface area contributed by atoms with Gasteiger partial charge in [-0.05, 0) is 35.0 Å². The van der Waals surface area contributed by atoms with Gasteiger partial charge in [0.05, 0.1) is 23.3 Å². The van der Waals surface area contributed by atoms with Crippen molar-refractivity contribution >= 4 is 45.9 Å². The highest BCUT2D eigenvalue weighted by Crippen LogP contribution is 2.27. The van der Waals surface area contributed by atoms with Crippen LogP contribution in [0, 0.1) is 11.3 Å². The molecule has 3 aromatic carbocycles. The molecule has 3 nitrogen and oxygen atoms in total. The molecule has 0 spiro atoms. The van der Waals surface area contributed by atoms with Gasteiger partial charge in [0, 0.05) is 9.79 Å². The van der Waals surface area contributed by atoms with E-state index in [1.165, 1.54) is 34.3 Å². The van der Waals surface area contributed by atoms with Crippen molar-refractivity contribution < 1.29 is 4.79 Å². The summed E-state index contributed by atoms with van der Waals surface area (Å²) in [5, 5.41) is 14.0. The van der Waals surface area contributed by atoms with E-state index in [2.05, 4.69) is 35.7 Å². The molecule has 0 bridgehead atoms. The van der Waals surface area contributed by atoms with Gasteiger partial charge in [-0.2, -0.15) is 5.26 Å². The third-order valence-electron chi connectivity index (χ3n) is 3.54. The van der Waals surface area contributed by atoms with Crippen LogP contribution in [0.25, 0.3) is 10.8 Å². The van der Waals surface area contributed by atoms with Gasteiger partial charge in [-0.3, -0.25) is 4.79 Å². The van der Waals surface area contributed by atoms with Crippen molar-refractivity contribution in [1.29, 1.82) is 5.26 Å². The Morgan fingerprint density at radius 3 is 2.56 bits per heavy atom. The summed E-state index contributed by atoms with van der Waals surface area (Å²) in [6, 6.07) is 24.0. The van der Waals surface area contributed by atoms with Gasteiger partial charge in [-0.1, -0.05) is 42.5 Å². The van der Waals surface area contributed by atoms with Gasteiger partial charge in [0.25, 0.3) is 0 Å². The van der Waals surface area contributed by atoms with Gasteiger partial charge in [0.1, 0.15) is 0 Å². The molecule has 124 valence electrons. The zero-order valence-corrected chi connectivity index (χ0v) is 15.1. The Bertz CT molecular complexity index is 934. The highest BCUT2D eigenvalue weighted by Gasteiger charge is 2.08. The lowest BCUT2D eigenvalue weighted by molar-refractivity contribution is -0.113. The van der Waals surface area contributed by atoms with Gasteiger partial charge < -0.3 is 5.32 Å². The number of anilines is 1. The van der Waals surface area contributed by atoms with E-state index in [-0.39, 0.29) is 5.91 Å². The van der Waals surface area contributed by atoms with Crippen LogP contribution < -0.4 is 5.32 Å². The van der Waals surface area contributed by atoms with Gasteiger partial charge >= 0.3 is 0 Å². The summed E-state index contributed by atoms with van der Waals surface area (Å²) >= 11 is 2.94. The summed E-state index contributed by atoms with van der Waals surface area (Å²) < 4.78 is 0. The SMILES string of the molecule is N#CCSc1ccccc1NC(=O)CSc1ccc2ccccc2c1. The lowest BCUT2D eigenvalue weighted by Crippen LogP contribution is -2.14. The van der Waals surface area contributed by atoms with Crippen molar-refractivity contribution in [1.82, 2.24) is 0 Å². The number of amides is 1. The number of nitrogens with zero attached hydrogens (tertiary/aromatic N) is 1. The van der Waals surface area contributed by atoms with Crippen LogP contribution >= 0.6 is 23.5 Å². The number of nitriles is 1. The van der Waals surface area contributed by atoms with Crippen molar-refractivity contribution in [2.45, 2.75) is 9.79 Å². The Morgan fingerprint density at radius 1 is 0.960 bits per heavy atom. The normalized spacial score (nSPS) is 10.4. The van der Waals surface area contributed by atoms with Crippen molar-refractivity contribution in [2.75, 3.05) is 16.8 Å². The fourth-order valence-corrected chi connectivity index (χ4v) is 3.81. The largest absolute Gasteiger partial charge is 0.324 e. The quantitative estimate of drug-likeness (QED) is 0.612. The second-order valence-corrected chi connectivity index (χ2v) is 7.35. The molecule has 0 aliphatic rings. The molecule has 0 saturated heterocycles. The predicted molar refractivity (Wildman–Crippen MR) is 106 cm³/mol. The first-order valence-electron chi connectivity index (χ1n) is 7.76. The molecular formula is C20H16N2OS2. The second-order valence-electron chi connectivity index (χ2n) is 5.29. The molecule has 0 fully saturated rings. The monoisotopic (exact) mass is 364 g/mol. The summed E-state index contributed by atoms with van der Waals surface area (Å²) in [6.45, 7) is 0. The third kappa shape index (κ3) is 4.79. The predicted octanol–water partition coefficient (Wildman–Crippen LogP) is 5.19. The van der Waals surface area contributed by atoms with E-state index in [0.717, 1.165) is 15.5 Å². The van der Waals surface area contributed by atoms with E-state index < -0.39 is 0 Å². The molecule has 0 aliphatic heterocycles. The van der Waals surface area contributed by atoms with Crippen LogP contribution in [0.5, 0.6) is 0 Å².